The summed E-state index contributed by atoms with van der Waals surface area (Å²) in [6.07, 6.45) is 0. The second kappa shape index (κ2) is 5.48. The lowest BCUT2D eigenvalue weighted by Gasteiger charge is -2.11. The number of nitrogens with one attached hydrogen (secondary N) is 1. The fraction of sp³-hybridized carbons (Fsp3) is 0.133. The molecular formula is C15H13BrN2O3. The molecule has 1 amide bonds. The lowest BCUT2D eigenvalue weighted by Crippen LogP contribution is -2.19. The second-order valence-electron chi connectivity index (χ2n) is 4.74. The van der Waals surface area contributed by atoms with Crippen LogP contribution in [0.1, 0.15) is 17.2 Å². The van der Waals surface area contributed by atoms with E-state index in [2.05, 4.69) is 21.2 Å². The van der Waals surface area contributed by atoms with Crippen molar-refractivity contribution in [3.05, 3.63) is 52.0 Å². The van der Waals surface area contributed by atoms with E-state index in [1.807, 2.05) is 6.07 Å². The topological polar surface area (TPSA) is 84.6 Å². The van der Waals surface area contributed by atoms with Crippen LogP contribution in [-0.2, 0) is 11.4 Å². The highest BCUT2D eigenvalue weighted by molar-refractivity contribution is 9.10. The Kier molecular flexibility index (Phi) is 3.67. The van der Waals surface area contributed by atoms with Gasteiger partial charge in [0.2, 0.25) is 5.91 Å². The zero-order chi connectivity index (χ0) is 15.0. The molecule has 1 unspecified atom stereocenters. The molecule has 0 bridgehead atoms. The molecular weight excluding hydrogens is 336 g/mol. The summed E-state index contributed by atoms with van der Waals surface area (Å²) in [6, 6.07) is 10.0. The fourth-order valence-electron chi connectivity index (χ4n) is 2.20. The minimum Gasteiger partial charge on any atom is -0.456 e. The SMILES string of the molecule is NC1C(=O)Nc2cc(Oc3cccc(CO)c3)c(Br)cc21. The molecule has 3 rings (SSSR count). The number of aliphatic hydroxyl groups is 1. The third-order valence-electron chi connectivity index (χ3n) is 3.29. The Labute approximate surface area is 129 Å². The van der Waals surface area contributed by atoms with Gasteiger partial charge in [-0.2, -0.15) is 0 Å². The van der Waals surface area contributed by atoms with Crippen LogP contribution < -0.4 is 15.8 Å². The summed E-state index contributed by atoms with van der Waals surface area (Å²) < 4.78 is 6.51. The molecule has 21 heavy (non-hydrogen) atoms. The minimum absolute atomic E-state index is 0.0481. The van der Waals surface area contributed by atoms with E-state index in [1.54, 1.807) is 30.3 Å². The van der Waals surface area contributed by atoms with Gasteiger partial charge < -0.3 is 20.9 Å². The predicted octanol–water partition coefficient (Wildman–Crippen LogP) is 2.69. The van der Waals surface area contributed by atoms with Crippen molar-refractivity contribution in [2.24, 2.45) is 5.73 Å². The van der Waals surface area contributed by atoms with Gasteiger partial charge in [0.15, 0.2) is 0 Å². The van der Waals surface area contributed by atoms with Crippen molar-refractivity contribution in [1.29, 1.82) is 0 Å². The highest BCUT2D eigenvalue weighted by atomic mass is 79.9. The van der Waals surface area contributed by atoms with Crippen LogP contribution in [0.25, 0.3) is 0 Å². The molecule has 0 aromatic heterocycles. The van der Waals surface area contributed by atoms with Gasteiger partial charge in [-0.25, -0.2) is 0 Å². The van der Waals surface area contributed by atoms with E-state index in [-0.39, 0.29) is 12.5 Å². The zero-order valence-electron chi connectivity index (χ0n) is 11.0. The predicted molar refractivity (Wildman–Crippen MR) is 82.1 cm³/mol. The summed E-state index contributed by atoms with van der Waals surface area (Å²) >= 11 is 3.42. The van der Waals surface area contributed by atoms with Crippen LogP contribution >= 0.6 is 15.9 Å². The van der Waals surface area contributed by atoms with Crippen molar-refractivity contribution in [3.63, 3.8) is 0 Å². The average Bonchev–Trinajstić information content (AvgIpc) is 2.75. The summed E-state index contributed by atoms with van der Waals surface area (Å²) in [5.41, 5.74) is 7.96. The number of ether oxygens (including phenoxy) is 1. The van der Waals surface area contributed by atoms with Crippen molar-refractivity contribution >= 4 is 27.5 Å². The van der Waals surface area contributed by atoms with Crippen LogP contribution in [0.15, 0.2) is 40.9 Å². The molecule has 5 nitrogen and oxygen atoms in total. The first-order chi connectivity index (χ1) is 10.1. The molecule has 6 heteroatoms. The van der Waals surface area contributed by atoms with Gasteiger partial charge in [0, 0.05) is 17.3 Å². The number of hydrogen-bond acceptors (Lipinski definition) is 4. The Morgan fingerprint density at radius 3 is 2.90 bits per heavy atom. The highest BCUT2D eigenvalue weighted by Crippen LogP contribution is 2.39. The van der Waals surface area contributed by atoms with Crippen LogP contribution in [0.3, 0.4) is 0 Å². The number of nitrogens with two attached hydrogens (primary N) is 1. The molecule has 4 N–H and O–H groups in total. The molecule has 0 aliphatic carbocycles. The van der Waals surface area contributed by atoms with Crippen LogP contribution in [0, 0.1) is 0 Å². The van der Waals surface area contributed by atoms with Gasteiger partial charge in [0.1, 0.15) is 17.5 Å². The zero-order valence-corrected chi connectivity index (χ0v) is 12.6. The van der Waals surface area contributed by atoms with Crippen LogP contribution in [0.2, 0.25) is 0 Å². The van der Waals surface area contributed by atoms with E-state index >= 15 is 0 Å². The van der Waals surface area contributed by atoms with Crippen molar-refractivity contribution in [3.8, 4) is 11.5 Å². The van der Waals surface area contributed by atoms with E-state index < -0.39 is 6.04 Å². The third-order valence-corrected chi connectivity index (χ3v) is 3.91. The maximum atomic E-state index is 11.6. The van der Waals surface area contributed by atoms with E-state index in [0.717, 1.165) is 11.1 Å². The highest BCUT2D eigenvalue weighted by Gasteiger charge is 2.28. The minimum atomic E-state index is -0.650. The van der Waals surface area contributed by atoms with E-state index in [4.69, 9.17) is 15.6 Å². The Bertz CT molecular complexity index is 718. The van der Waals surface area contributed by atoms with Crippen LogP contribution in [0.5, 0.6) is 11.5 Å². The molecule has 0 saturated carbocycles. The third kappa shape index (κ3) is 2.65. The molecule has 2 aromatic rings. The summed E-state index contributed by atoms with van der Waals surface area (Å²) in [5.74, 6) is 0.949. The molecule has 0 fully saturated rings. The van der Waals surface area contributed by atoms with Gasteiger partial charge in [-0.15, -0.1) is 0 Å². The number of benzene rings is 2. The van der Waals surface area contributed by atoms with Gasteiger partial charge in [-0.05, 0) is 39.7 Å². The number of anilines is 1. The standard InChI is InChI=1S/C15H13BrN2O3/c16-11-5-10-12(18-15(20)14(10)17)6-13(11)21-9-3-1-2-8(4-9)7-19/h1-6,14,19H,7,17H2,(H,18,20). The lowest BCUT2D eigenvalue weighted by atomic mass is 10.1. The van der Waals surface area contributed by atoms with Crippen LogP contribution in [-0.4, -0.2) is 11.0 Å². The Balaban J connectivity index is 1.93. The Morgan fingerprint density at radius 2 is 2.14 bits per heavy atom. The van der Waals surface area contributed by atoms with E-state index in [0.29, 0.717) is 21.7 Å². The molecule has 1 heterocycles. The lowest BCUT2D eigenvalue weighted by molar-refractivity contribution is -0.116. The molecule has 108 valence electrons. The second-order valence-corrected chi connectivity index (χ2v) is 5.60. The fourth-order valence-corrected chi connectivity index (χ4v) is 2.64. The number of carbonyl (C=O) groups is 1. The number of halogens is 1. The van der Waals surface area contributed by atoms with Gasteiger partial charge in [0.25, 0.3) is 0 Å². The average molecular weight is 349 g/mol. The summed E-state index contributed by atoms with van der Waals surface area (Å²) in [4.78, 5) is 11.6. The molecule has 0 spiro atoms. The summed E-state index contributed by atoms with van der Waals surface area (Å²) in [5, 5.41) is 11.9. The van der Waals surface area contributed by atoms with Crippen molar-refractivity contribution in [2.75, 3.05) is 5.32 Å². The molecule has 1 aliphatic heterocycles. The normalized spacial score (nSPS) is 16.5. The molecule has 0 radical (unpaired) electrons. The number of fused-ring (bicyclic) bond motifs is 1. The number of aliphatic hydroxyl groups excluding tert-OH is 1. The van der Waals surface area contributed by atoms with Gasteiger partial charge in [0.05, 0.1) is 11.1 Å². The number of amides is 1. The number of hydrogen-bond donors (Lipinski definition) is 3. The first kappa shape index (κ1) is 14.1. The molecule has 0 saturated heterocycles. The van der Waals surface area contributed by atoms with Gasteiger partial charge in [-0.1, -0.05) is 12.1 Å². The van der Waals surface area contributed by atoms with Crippen molar-refractivity contribution in [2.45, 2.75) is 12.6 Å². The number of carbonyl (C=O) groups excluding carboxylic acids is 1. The van der Waals surface area contributed by atoms with Crippen molar-refractivity contribution in [1.82, 2.24) is 0 Å². The summed E-state index contributed by atoms with van der Waals surface area (Å²) in [7, 11) is 0. The van der Waals surface area contributed by atoms with Crippen LogP contribution in [0.4, 0.5) is 5.69 Å². The van der Waals surface area contributed by atoms with E-state index in [1.165, 1.54) is 0 Å². The summed E-state index contributed by atoms with van der Waals surface area (Å²) in [6.45, 7) is -0.0481. The first-order valence-corrected chi connectivity index (χ1v) is 7.15. The van der Waals surface area contributed by atoms with E-state index in [9.17, 15) is 4.79 Å². The molecule has 1 aliphatic rings. The van der Waals surface area contributed by atoms with Gasteiger partial charge >= 0.3 is 0 Å². The van der Waals surface area contributed by atoms with Gasteiger partial charge in [-0.3, -0.25) is 4.79 Å². The smallest absolute Gasteiger partial charge is 0.245 e. The first-order valence-electron chi connectivity index (χ1n) is 6.36. The number of rotatable bonds is 3. The Hall–Kier alpha value is -1.89. The Morgan fingerprint density at radius 1 is 1.33 bits per heavy atom. The monoisotopic (exact) mass is 348 g/mol. The maximum absolute atomic E-state index is 11.6. The maximum Gasteiger partial charge on any atom is 0.245 e. The largest absolute Gasteiger partial charge is 0.456 e. The quantitative estimate of drug-likeness (QED) is 0.796. The molecule has 2 aromatic carbocycles. The molecule has 1 atom stereocenters. The van der Waals surface area contributed by atoms with Crippen molar-refractivity contribution < 1.29 is 14.6 Å².